The molecule has 6 nitrogen and oxygen atoms in total. The first-order chi connectivity index (χ1) is 12.0. The van der Waals surface area contributed by atoms with Crippen molar-refractivity contribution in [3.63, 3.8) is 0 Å². The Morgan fingerprint density at radius 3 is 2.60 bits per heavy atom. The normalized spacial score (nSPS) is 16.1. The molecule has 0 aliphatic heterocycles. The number of carboxylic acids is 1. The third-order valence-corrected chi connectivity index (χ3v) is 5.45. The lowest BCUT2D eigenvalue weighted by atomic mass is 9.85. The number of amides is 2. The first-order valence-corrected chi connectivity index (χ1v) is 8.81. The van der Waals surface area contributed by atoms with Crippen molar-refractivity contribution >= 4 is 34.1 Å². The molecule has 1 aromatic carbocycles. The highest BCUT2D eigenvalue weighted by atomic mass is 32.1. The summed E-state index contributed by atoms with van der Waals surface area (Å²) in [6.45, 7) is 0. The summed E-state index contributed by atoms with van der Waals surface area (Å²) in [5.41, 5.74) is 6.97. The minimum Gasteiger partial charge on any atom is -0.481 e. The van der Waals surface area contributed by atoms with Gasteiger partial charge in [-0.05, 0) is 30.4 Å². The van der Waals surface area contributed by atoms with Crippen LogP contribution >= 0.6 is 11.3 Å². The van der Waals surface area contributed by atoms with Gasteiger partial charge in [0.25, 0.3) is 5.91 Å². The van der Waals surface area contributed by atoms with Gasteiger partial charge < -0.3 is 16.2 Å². The minimum absolute atomic E-state index is 0.147. The second-order valence-corrected chi connectivity index (χ2v) is 7.11. The average Bonchev–Trinajstić information content (AvgIpc) is 2.93. The number of fused-ring (bicyclic) bond motifs is 1. The highest BCUT2D eigenvalue weighted by Gasteiger charge is 2.34. The summed E-state index contributed by atoms with van der Waals surface area (Å²) in [6.07, 6.45) is 2.07. The molecule has 0 radical (unpaired) electrons. The highest BCUT2D eigenvalue weighted by molar-refractivity contribution is 7.17. The second kappa shape index (κ2) is 7.06. The van der Waals surface area contributed by atoms with E-state index in [2.05, 4.69) is 5.32 Å². The molecule has 1 aliphatic rings. The van der Waals surface area contributed by atoms with E-state index in [1.54, 1.807) is 0 Å². The van der Waals surface area contributed by atoms with Gasteiger partial charge in [-0.2, -0.15) is 0 Å². The monoisotopic (exact) mass is 358 g/mol. The Morgan fingerprint density at radius 1 is 1.24 bits per heavy atom. The van der Waals surface area contributed by atoms with Gasteiger partial charge in [0.05, 0.1) is 17.9 Å². The van der Waals surface area contributed by atoms with Crippen LogP contribution in [0, 0.1) is 0 Å². The van der Waals surface area contributed by atoms with Crippen molar-refractivity contribution in [1.29, 1.82) is 0 Å². The topological polar surface area (TPSA) is 109 Å². The number of aryl methyl sites for hydroxylation is 1. The van der Waals surface area contributed by atoms with Gasteiger partial charge in [0, 0.05) is 4.88 Å². The molecule has 130 valence electrons. The zero-order valence-corrected chi connectivity index (χ0v) is 14.3. The number of carboxylic acid groups (broad SMARTS) is 1. The van der Waals surface area contributed by atoms with Gasteiger partial charge in [-0.3, -0.25) is 14.4 Å². The van der Waals surface area contributed by atoms with Gasteiger partial charge in [0.15, 0.2) is 0 Å². The summed E-state index contributed by atoms with van der Waals surface area (Å²) < 4.78 is 0. The summed E-state index contributed by atoms with van der Waals surface area (Å²) in [5, 5.41) is 12.5. The molecule has 0 bridgehead atoms. The van der Waals surface area contributed by atoms with Crippen molar-refractivity contribution in [1.82, 2.24) is 0 Å². The van der Waals surface area contributed by atoms with Crippen LogP contribution in [0.2, 0.25) is 0 Å². The fourth-order valence-corrected chi connectivity index (χ4v) is 4.51. The Balaban J connectivity index is 1.90. The van der Waals surface area contributed by atoms with E-state index in [-0.39, 0.29) is 17.9 Å². The number of nitrogens with one attached hydrogen (secondary N) is 1. The molecule has 2 aromatic rings. The van der Waals surface area contributed by atoms with Crippen LogP contribution in [0.5, 0.6) is 0 Å². The SMILES string of the molecule is NC(=O)c1c(NC(=O)Cc2ccccc2)sc2c1C(C(=O)O)CCC2. The lowest BCUT2D eigenvalue weighted by molar-refractivity contribution is -0.139. The van der Waals surface area contributed by atoms with Crippen molar-refractivity contribution in [3.8, 4) is 0 Å². The number of primary amides is 1. The van der Waals surface area contributed by atoms with Crippen LogP contribution in [0.1, 0.15) is 45.1 Å². The number of anilines is 1. The summed E-state index contributed by atoms with van der Waals surface area (Å²) in [6, 6.07) is 9.24. The maximum Gasteiger partial charge on any atom is 0.311 e. The molecule has 0 saturated heterocycles. The first-order valence-electron chi connectivity index (χ1n) is 7.99. The molecule has 1 aliphatic carbocycles. The third kappa shape index (κ3) is 3.56. The van der Waals surface area contributed by atoms with Gasteiger partial charge in [-0.25, -0.2) is 0 Å². The quantitative estimate of drug-likeness (QED) is 0.763. The number of hydrogen-bond donors (Lipinski definition) is 3. The van der Waals surface area contributed by atoms with E-state index in [4.69, 9.17) is 5.73 Å². The lowest BCUT2D eigenvalue weighted by Crippen LogP contribution is -2.23. The van der Waals surface area contributed by atoms with Crippen LogP contribution in [0.15, 0.2) is 30.3 Å². The predicted molar refractivity (Wildman–Crippen MR) is 94.9 cm³/mol. The number of aliphatic carboxylic acids is 1. The van der Waals surface area contributed by atoms with E-state index in [0.717, 1.165) is 16.9 Å². The van der Waals surface area contributed by atoms with Crippen LogP contribution in [0.3, 0.4) is 0 Å². The third-order valence-electron chi connectivity index (χ3n) is 4.27. The summed E-state index contributed by atoms with van der Waals surface area (Å²) in [4.78, 5) is 36.6. The fourth-order valence-electron chi connectivity index (χ4n) is 3.19. The molecule has 0 fully saturated rings. The number of carbonyl (C=O) groups is 3. The van der Waals surface area contributed by atoms with Gasteiger partial charge in [-0.1, -0.05) is 30.3 Å². The predicted octanol–water partition coefficient (Wildman–Crippen LogP) is 2.53. The standard InChI is InChI=1S/C18H18N2O4S/c19-16(22)15-14-11(18(23)24)7-4-8-12(14)25-17(15)20-13(21)9-10-5-2-1-3-6-10/h1-3,5-6,11H,4,7-9H2,(H2,19,22)(H,20,21)(H,23,24). The van der Waals surface area contributed by atoms with Crippen molar-refractivity contribution in [3.05, 3.63) is 51.9 Å². The molecule has 7 heteroatoms. The first kappa shape index (κ1) is 17.2. The molecular weight excluding hydrogens is 340 g/mol. The number of benzene rings is 1. The van der Waals surface area contributed by atoms with Crippen molar-refractivity contribution in [2.75, 3.05) is 5.32 Å². The molecule has 2 amide bonds. The van der Waals surface area contributed by atoms with Crippen LogP contribution in [-0.4, -0.2) is 22.9 Å². The molecule has 25 heavy (non-hydrogen) atoms. The zero-order valence-electron chi connectivity index (χ0n) is 13.5. The van der Waals surface area contributed by atoms with E-state index in [1.807, 2.05) is 30.3 Å². The molecule has 1 heterocycles. The van der Waals surface area contributed by atoms with E-state index in [0.29, 0.717) is 23.4 Å². The maximum atomic E-state index is 12.3. The van der Waals surface area contributed by atoms with Gasteiger partial charge >= 0.3 is 5.97 Å². The van der Waals surface area contributed by atoms with Crippen LogP contribution in [-0.2, 0) is 22.4 Å². The van der Waals surface area contributed by atoms with Gasteiger partial charge in [-0.15, -0.1) is 11.3 Å². The Morgan fingerprint density at radius 2 is 1.96 bits per heavy atom. The van der Waals surface area contributed by atoms with E-state index in [1.165, 1.54) is 11.3 Å². The van der Waals surface area contributed by atoms with Crippen LogP contribution in [0.4, 0.5) is 5.00 Å². The molecule has 3 rings (SSSR count). The van der Waals surface area contributed by atoms with Gasteiger partial charge in [0.1, 0.15) is 5.00 Å². The molecule has 0 saturated carbocycles. The Kier molecular flexibility index (Phi) is 4.85. The molecule has 1 atom stereocenters. The average molecular weight is 358 g/mol. The number of hydrogen-bond acceptors (Lipinski definition) is 4. The molecule has 0 spiro atoms. The highest BCUT2D eigenvalue weighted by Crippen LogP contribution is 2.43. The molecule has 1 aromatic heterocycles. The number of carbonyl (C=O) groups excluding carboxylic acids is 2. The van der Waals surface area contributed by atoms with Crippen molar-refractivity contribution < 1.29 is 19.5 Å². The summed E-state index contributed by atoms with van der Waals surface area (Å²) in [7, 11) is 0. The number of rotatable bonds is 5. The summed E-state index contributed by atoms with van der Waals surface area (Å²) >= 11 is 1.25. The van der Waals surface area contributed by atoms with E-state index >= 15 is 0 Å². The smallest absolute Gasteiger partial charge is 0.311 e. The molecular formula is C18H18N2O4S. The number of nitrogens with two attached hydrogens (primary N) is 1. The Hall–Kier alpha value is -2.67. The van der Waals surface area contributed by atoms with Crippen LogP contribution in [0.25, 0.3) is 0 Å². The number of thiophene rings is 1. The minimum atomic E-state index is -0.969. The molecule has 1 unspecified atom stereocenters. The largest absolute Gasteiger partial charge is 0.481 e. The zero-order chi connectivity index (χ0) is 18.0. The maximum absolute atomic E-state index is 12.3. The van der Waals surface area contributed by atoms with Crippen molar-refractivity contribution in [2.24, 2.45) is 5.73 Å². The second-order valence-electron chi connectivity index (χ2n) is 6.00. The molecule has 4 N–H and O–H groups in total. The Bertz CT molecular complexity index is 829. The van der Waals surface area contributed by atoms with E-state index in [9.17, 15) is 19.5 Å². The van der Waals surface area contributed by atoms with E-state index < -0.39 is 17.8 Å². The van der Waals surface area contributed by atoms with Gasteiger partial charge in [0.2, 0.25) is 5.91 Å². The Labute approximate surface area is 148 Å². The van der Waals surface area contributed by atoms with Crippen LogP contribution < -0.4 is 11.1 Å². The summed E-state index contributed by atoms with van der Waals surface area (Å²) in [5.74, 6) is -2.69. The fraction of sp³-hybridized carbons (Fsp3) is 0.278. The lowest BCUT2D eigenvalue weighted by Gasteiger charge is -2.19. The van der Waals surface area contributed by atoms with Crippen molar-refractivity contribution in [2.45, 2.75) is 31.6 Å².